The molecule has 0 fully saturated rings. The van der Waals surface area contributed by atoms with Gasteiger partial charge < -0.3 is 20.8 Å². The van der Waals surface area contributed by atoms with Gasteiger partial charge in [-0.15, -0.1) is 0 Å². The lowest BCUT2D eigenvalue weighted by molar-refractivity contribution is -0.145. The number of para-hydroxylation sites is 1. The molecule has 0 saturated carbocycles. The van der Waals surface area contributed by atoms with Gasteiger partial charge in [-0.2, -0.15) is 9.97 Å². The number of anilines is 2. The van der Waals surface area contributed by atoms with Crippen LogP contribution in [0.2, 0.25) is 0 Å². The van der Waals surface area contributed by atoms with Crippen LogP contribution in [0.4, 0.5) is 11.8 Å². The molecule has 45 heavy (non-hydrogen) atoms. The van der Waals surface area contributed by atoms with E-state index < -0.39 is 6.04 Å². The second kappa shape index (κ2) is 13.4. The predicted molar refractivity (Wildman–Crippen MR) is 174 cm³/mol. The molecule has 11 nitrogen and oxygen atoms in total. The van der Waals surface area contributed by atoms with Gasteiger partial charge in [0.1, 0.15) is 17.9 Å². The molecule has 3 aromatic carbocycles. The van der Waals surface area contributed by atoms with Crippen LogP contribution >= 0.6 is 0 Å². The smallest absolute Gasteiger partial charge is 0.306 e. The van der Waals surface area contributed by atoms with Crippen LogP contribution in [-0.2, 0) is 16.1 Å². The molecule has 6 rings (SSSR count). The summed E-state index contributed by atoms with van der Waals surface area (Å²) in [7, 11) is 0. The van der Waals surface area contributed by atoms with Crippen LogP contribution in [0.15, 0.2) is 90.0 Å². The largest absolute Gasteiger partial charge is 0.461 e. The molecule has 228 valence electrons. The van der Waals surface area contributed by atoms with Crippen LogP contribution in [0.5, 0.6) is 0 Å². The van der Waals surface area contributed by atoms with Crippen molar-refractivity contribution in [2.24, 2.45) is 0 Å². The summed E-state index contributed by atoms with van der Waals surface area (Å²) >= 11 is 0. The van der Waals surface area contributed by atoms with E-state index in [1.165, 1.54) is 6.33 Å². The highest BCUT2D eigenvalue weighted by Crippen LogP contribution is 2.29. The van der Waals surface area contributed by atoms with E-state index in [2.05, 4.69) is 25.3 Å². The van der Waals surface area contributed by atoms with Crippen LogP contribution in [0.1, 0.15) is 55.1 Å². The van der Waals surface area contributed by atoms with Gasteiger partial charge in [0.2, 0.25) is 5.95 Å². The molecule has 0 amide bonds. The van der Waals surface area contributed by atoms with Gasteiger partial charge in [0, 0.05) is 6.42 Å². The first-order valence-corrected chi connectivity index (χ1v) is 15.0. The molecular weight excluding hydrogens is 568 g/mol. The van der Waals surface area contributed by atoms with Crippen molar-refractivity contribution >= 4 is 39.8 Å². The first-order chi connectivity index (χ1) is 22.0. The van der Waals surface area contributed by atoms with Crippen molar-refractivity contribution in [2.45, 2.75) is 51.7 Å². The van der Waals surface area contributed by atoms with E-state index in [1.807, 2.05) is 85.8 Å². The zero-order chi connectivity index (χ0) is 31.2. The van der Waals surface area contributed by atoms with E-state index in [1.54, 1.807) is 4.57 Å². The van der Waals surface area contributed by atoms with Crippen molar-refractivity contribution in [2.75, 3.05) is 11.1 Å². The van der Waals surface area contributed by atoms with Crippen molar-refractivity contribution in [3.8, 4) is 5.69 Å². The minimum atomic E-state index is -0.450. The number of esters is 1. The van der Waals surface area contributed by atoms with Crippen molar-refractivity contribution in [1.29, 1.82) is 0 Å². The number of nitrogens with zero attached hydrogens (tertiary/aromatic N) is 5. The summed E-state index contributed by atoms with van der Waals surface area (Å²) in [5, 5.41) is 4.07. The molecule has 3 heterocycles. The SMILES string of the molecule is Cc1cccc2nc(C(CCCCCC(=O)OCc3ccccc3)Nc3nc(N)nc4nc[nH]c34)n(-c3ccccc3)c(=O)c12. The lowest BCUT2D eigenvalue weighted by Gasteiger charge is -2.24. The number of nitrogens with two attached hydrogens (primary N) is 1. The Morgan fingerprint density at radius 3 is 2.53 bits per heavy atom. The highest BCUT2D eigenvalue weighted by Gasteiger charge is 2.24. The molecule has 1 atom stereocenters. The van der Waals surface area contributed by atoms with Crippen LogP contribution in [0.25, 0.3) is 27.8 Å². The second-order valence-electron chi connectivity index (χ2n) is 10.9. The monoisotopic (exact) mass is 602 g/mol. The maximum absolute atomic E-state index is 14.1. The van der Waals surface area contributed by atoms with E-state index in [4.69, 9.17) is 15.5 Å². The predicted octanol–water partition coefficient (Wildman–Crippen LogP) is 5.79. The zero-order valence-corrected chi connectivity index (χ0v) is 24.9. The Hall–Kier alpha value is -5.58. The number of carbonyl (C=O) groups excluding carboxylic acids is 1. The molecule has 0 bridgehead atoms. The Labute approximate surface area is 259 Å². The summed E-state index contributed by atoms with van der Waals surface area (Å²) in [6.45, 7) is 2.18. The third-order valence-corrected chi connectivity index (χ3v) is 7.69. The van der Waals surface area contributed by atoms with Crippen LogP contribution in [0.3, 0.4) is 0 Å². The summed E-state index contributed by atoms with van der Waals surface area (Å²) in [5.41, 5.74) is 10.0. The maximum atomic E-state index is 14.1. The Bertz CT molecular complexity index is 1990. The quantitative estimate of drug-likeness (QED) is 0.117. The van der Waals surface area contributed by atoms with Crippen molar-refractivity contribution < 1.29 is 9.53 Å². The average Bonchev–Trinajstić information content (AvgIpc) is 3.52. The lowest BCUT2D eigenvalue weighted by atomic mass is 10.0. The van der Waals surface area contributed by atoms with E-state index in [0.717, 1.165) is 24.0 Å². The average molecular weight is 603 g/mol. The molecule has 0 aliphatic rings. The zero-order valence-electron chi connectivity index (χ0n) is 24.9. The number of ether oxygens (including phenoxy) is 1. The van der Waals surface area contributed by atoms with Gasteiger partial charge in [0.05, 0.1) is 29.0 Å². The molecule has 1 unspecified atom stereocenters. The Morgan fingerprint density at radius 1 is 0.956 bits per heavy atom. The number of nitrogens with one attached hydrogen (secondary N) is 2. The number of aryl methyl sites for hydroxylation is 1. The maximum Gasteiger partial charge on any atom is 0.306 e. The Morgan fingerprint density at radius 2 is 1.73 bits per heavy atom. The van der Waals surface area contributed by atoms with Gasteiger partial charge in [0.15, 0.2) is 11.5 Å². The highest BCUT2D eigenvalue weighted by molar-refractivity contribution is 5.84. The first kappa shape index (κ1) is 29.5. The third kappa shape index (κ3) is 6.67. The van der Waals surface area contributed by atoms with E-state index in [0.29, 0.717) is 58.7 Å². The second-order valence-corrected chi connectivity index (χ2v) is 10.9. The molecule has 4 N–H and O–H groups in total. The summed E-state index contributed by atoms with van der Waals surface area (Å²) in [4.78, 5) is 47.6. The molecule has 0 aliphatic carbocycles. The number of benzene rings is 3. The molecule has 11 heteroatoms. The fraction of sp³-hybridized carbons (Fsp3) is 0.235. The number of fused-ring (bicyclic) bond motifs is 2. The Balaban J connectivity index is 1.29. The van der Waals surface area contributed by atoms with Gasteiger partial charge in [-0.1, -0.05) is 73.5 Å². The lowest BCUT2D eigenvalue weighted by Crippen LogP contribution is -2.29. The minimum absolute atomic E-state index is 0.0763. The van der Waals surface area contributed by atoms with E-state index >= 15 is 0 Å². The van der Waals surface area contributed by atoms with Crippen molar-refractivity contribution in [3.63, 3.8) is 0 Å². The Kier molecular flexibility index (Phi) is 8.77. The molecule has 6 aromatic rings. The number of nitrogen functional groups attached to an aromatic ring is 1. The number of hydrogen-bond donors (Lipinski definition) is 3. The fourth-order valence-electron chi connectivity index (χ4n) is 5.46. The van der Waals surface area contributed by atoms with Gasteiger partial charge in [-0.05, 0) is 49.1 Å². The standard InChI is InChI=1S/C34H34N8O3/c1-22-12-11-18-25-28(22)33(44)42(24-15-7-3-8-16-24)32(39-25)26(38-31-29-30(37-21-36-29)40-34(35)41-31)17-9-4-10-19-27(43)45-20-23-13-5-2-6-14-23/h2-3,5-8,11-16,18,21,26H,4,9-10,17,19-20H2,1H3,(H4,35,36,37,38,40,41). The van der Waals surface area contributed by atoms with E-state index in [9.17, 15) is 9.59 Å². The van der Waals surface area contributed by atoms with Gasteiger partial charge in [-0.25, -0.2) is 9.97 Å². The number of carbonyl (C=O) groups is 1. The summed E-state index contributed by atoms with van der Waals surface area (Å²) in [5.74, 6) is 0.850. The molecule has 0 aliphatic heterocycles. The normalized spacial score (nSPS) is 11.9. The van der Waals surface area contributed by atoms with E-state index in [-0.39, 0.29) is 24.1 Å². The number of unbranched alkanes of at least 4 members (excludes halogenated alkanes) is 2. The fourth-order valence-corrected chi connectivity index (χ4v) is 5.46. The topological polar surface area (TPSA) is 154 Å². The van der Waals surface area contributed by atoms with Crippen molar-refractivity contribution in [1.82, 2.24) is 29.5 Å². The van der Waals surface area contributed by atoms with Gasteiger partial charge in [0.25, 0.3) is 5.56 Å². The van der Waals surface area contributed by atoms with Gasteiger partial charge in [-0.3, -0.25) is 14.2 Å². The summed E-state index contributed by atoms with van der Waals surface area (Å²) in [6.07, 6.45) is 4.63. The number of hydrogen-bond acceptors (Lipinski definition) is 9. The number of H-pyrrole nitrogens is 1. The molecule has 3 aromatic heterocycles. The number of rotatable bonds is 12. The molecule has 0 radical (unpaired) electrons. The van der Waals surface area contributed by atoms with Crippen LogP contribution in [-0.4, -0.2) is 35.5 Å². The van der Waals surface area contributed by atoms with Crippen molar-refractivity contribution in [3.05, 3.63) is 112 Å². The van der Waals surface area contributed by atoms with Crippen LogP contribution < -0.4 is 16.6 Å². The minimum Gasteiger partial charge on any atom is -0.461 e. The van der Waals surface area contributed by atoms with Crippen LogP contribution in [0, 0.1) is 6.92 Å². The highest BCUT2D eigenvalue weighted by atomic mass is 16.5. The summed E-state index contributed by atoms with van der Waals surface area (Å²) < 4.78 is 7.11. The number of aromatic nitrogens is 6. The first-order valence-electron chi connectivity index (χ1n) is 15.0. The number of imidazole rings is 1. The number of aromatic amines is 1. The molecule has 0 spiro atoms. The van der Waals surface area contributed by atoms with Gasteiger partial charge >= 0.3 is 5.97 Å². The third-order valence-electron chi connectivity index (χ3n) is 7.69. The molecule has 0 saturated heterocycles. The summed E-state index contributed by atoms with van der Waals surface area (Å²) in [6, 6.07) is 24.3. The molecular formula is C34H34N8O3.